The van der Waals surface area contributed by atoms with E-state index in [4.69, 9.17) is 4.42 Å². The maximum absolute atomic E-state index is 11.3. The predicted molar refractivity (Wildman–Crippen MR) is 74.2 cm³/mol. The molecular formula is C14H16O3S. The van der Waals surface area contributed by atoms with Crippen molar-refractivity contribution in [2.75, 3.05) is 5.75 Å². The van der Waals surface area contributed by atoms with Crippen LogP contribution >= 0.6 is 11.8 Å². The number of para-hydroxylation sites is 1. The fourth-order valence-electron chi connectivity index (χ4n) is 1.84. The number of thioether (sulfide) groups is 1. The first-order valence-corrected chi connectivity index (χ1v) is 7.21. The molecule has 0 fully saturated rings. The zero-order valence-electron chi connectivity index (χ0n) is 10.3. The minimum Gasteiger partial charge on any atom is -0.478 e. The molecule has 0 aliphatic rings. The van der Waals surface area contributed by atoms with Gasteiger partial charge in [-0.15, -0.1) is 0 Å². The Hall–Kier alpha value is -1.42. The Balaban J connectivity index is 2.25. The zero-order chi connectivity index (χ0) is 13.0. The molecule has 4 heteroatoms. The molecule has 0 bridgehead atoms. The molecule has 0 radical (unpaired) electrons. The molecule has 0 atom stereocenters. The number of rotatable bonds is 6. The van der Waals surface area contributed by atoms with E-state index in [-0.39, 0.29) is 0 Å². The third-order valence-electron chi connectivity index (χ3n) is 2.76. The van der Waals surface area contributed by atoms with Crippen molar-refractivity contribution in [2.45, 2.75) is 25.5 Å². The summed E-state index contributed by atoms with van der Waals surface area (Å²) in [6.45, 7) is 2.14. The van der Waals surface area contributed by atoms with Gasteiger partial charge in [0.1, 0.15) is 16.9 Å². The van der Waals surface area contributed by atoms with E-state index in [0.717, 1.165) is 18.6 Å². The van der Waals surface area contributed by atoms with Crippen LogP contribution in [0.5, 0.6) is 0 Å². The van der Waals surface area contributed by atoms with Gasteiger partial charge in [-0.3, -0.25) is 0 Å². The van der Waals surface area contributed by atoms with Gasteiger partial charge in [0.25, 0.3) is 0 Å². The number of carboxylic acids is 1. The molecule has 0 saturated carbocycles. The molecule has 2 rings (SSSR count). The number of furan rings is 1. The number of fused-ring (bicyclic) bond motifs is 1. The number of unbranched alkanes of at least 4 members (excludes halogenated alkanes) is 1. The molecule has 0 aliphatic heterocycles. The van der Waals surface area contributed by atoms with Crippen LogP contribution < -0.4 is 0 Å². The number of aromatic carboxylic acids is 1. The molecule has 0 unspecified atom stereocenters. The van der Waals surface area contributed by atoms with Crippen molar-refractivity contribution in [1.29, 1.82) is 0 Å². The Morgan fingerprint density at radius 2 is 2.17 bits per heavy atom. The van der Waals surface area contributed by atoms with Crippen molar-refractivity contribution >= 4 is 28.7 Å². The number of carboxylic acid groups (broad SMARTS) is 1. The lowest BCUT2D eigenvalue weighted by Gasteiger charge is -1.99. The number of benzene rings is 1. The van der Waals surface area contributed by atoms with Crippen LogP contribution in [0.3, 0.4) is 0 Å². The van der Waals surface area contributed by atoms with E-state index >= 15 is 0 Å². The maximum Gasteiger partial charge on any atom is 0.339 e. The van der Waals surface area contributed by atoms with E-state index in [1.54, 1.807) is 17.8 Å². The molecule has 1 heterocycles. The minimum absolute atomic E-state index is 0.314. The van der Waals surface area contributed by atoms with Gasteiger partial charge in [-0.1, -0.05) is 31.5 Å². The van der Waals surface area contributed by atoms with Crippen molar-refractivity contribution < 1.29 is 14.3 Å². The molecular weight excluding hydrogens is 248 g/mol. The topological polar surface area (TPSA) is 50.4 Å². The summed E-state index contributed by atoms with van der Waals surface area (Å²) in [6, 6.07) is 7.29. The van der Waals surface area contributed by atoms with Crippen molar-refractivity contribution in [3.8, 4) is 0 Å². The van der Waals surface area contributed by atoms with E-state index in [2.05, 4.69) is 6.92 Å². The fraction of sp³-hybridized carbons (Fsp3) is 0.357. The summed E-state index contributed by atoms with van der Waals surface area (Å²) in [7, 11) is 0. The lowest BCUT2D eigenvalue weighted by atomic mass is 10.1. The number of hydrogen-bond acceptors (Lipinski definition) is 3. The summed E-state index contributed by atoms with van der Waals surface area (Å²) in [5.74, 6) is 1.32. The van der Waals surface area contributed by atoms with Crippen LogP contribution in [-0.4, -0.2) is 16.8 Å². The highest BCUT2D eigenvalue weighted by Gasteiger charge is 2.19. The number of hydrogen-bond donors (Lipinski definition) is 1. The van der Waals surface area contributed by atoms with Crippen molar-refractivity contribution in [3.63, 3.8) is 0 Å². The average molecular weight is 264 g/mol. The Kier molecular flexibility index (Phi) is 4.31. The van der Waals surface area contributed by atoms with Crippen molar-refractivity contribution in [1.82, 2.24) is 0 Å². The quantitative estimate of drug-likeness (QED) is 0.796. The summed E-state index contributed by atoms with van der Waals surface area (Å²) in [5, 5.41) is 9.98. The number of carbonyl (C=O) groups is 1. The van der Waals surface area contributed by atoms with Gasteiger partial charge in [-0.05, 0) is 18.2 Å². The molecule has 1 N–H and O–H groups in total. The minimum atomic E-state index is -0.911. The third-order valence-corrected chi connectivity index (χ3v) is 3.80. The first-order valence-electron chi connectivity index (χ1n) is 6.05. The summed E-state index contributed by atoms with van der Waals surface area (Å²) in [6.07, 6.45) is 2.30. The second-order valence-electron chi connectivity index (χ2n) is 4.11. The summed E-state index contributed by atoms with van der Waals surface area (Å²) in [4.78, 5) is 11.3. The molecule has 2 aromatic rings. The van der Waals surface area contributed by atoms with Gasteiger partial charge in [-0.2, -0.15) is 11.8 Å². The third kappa shape index (κ3) is 2.70. The molecule has 1 aromatic heterocycles. The van der Waals surface area contributed by atoms with Crippen LogP contribution in [0.15, 0.2) is 28.7 Å². The highest BCUT2D eigenvalue weighted by atomic mass is 32.2. The summed E-state index contributed by atoms with van der Waals surface area (Å²) in [5.41, 5.74) is 0.968. The van der Waals surface area contributed by atoms with Crippen LogP contribution in [0.25, 0.3) is 11.0 Å². The second kappa shape index (κ2) is 5.96. The smallest absolute Gasteiger partial charge is 0.339 e. The van der Waals surface area contributed by atoms with Crippen molar-refractivity contribution in [2.24, 2.45) is 0 Å². The van der Waals surface area contributed by atoms with E-state index in [1.807, 2.05) is 18.2 Å². The van der Waals surface area contributed by atoms with Gasteiger partial charge in [-0.25, -0.2) is 4.79 Å². The predicted octanol–water partition coefficient (Wildman–Crippen LogP) is 4.16. The molecule has 0 spiro atoms. The molecule has 0 aliphatic carbocycles. The summed E-state index contributed by atoms with van der Waals surface area (Å²) >= 11 is 1.72. The van der Waals surface area contributed by atoms with Crippen LogP contribution in [0.1, 0.15) is 35.9 Å². The van der Waals surface area contributed by atoms with Gasteiger partial charge in [0.2, 0.25) is 0 Å². The molecule has 18 heavy (non-hydrogen) atoms. The maximum atomic E-state index is 11.3. The standard InChI is InChI=1S/C14H16O3S/c1-2-3-8-18-9-12-13(14(15)16)10-6-4-5-7-11(10)17-12/h4-7H,2-3,8-9H2,1H3,(H,15,16). The summed E-state index contributed by atoms with van der Waals surface area (Å²) < 4.78 is 5.64. The van der Waals surface area contributed by atoms with E-state index in [0.29, 0.717) is 28.0 Å². The zero-order valence-corrected chi connectivity index (χ0v) is 11.1. The van der Waals surface area contributed by atoms with Crippen molar-refractivity contribution in [3.05, 3.63) is 35.6 Å². The van der Waals surface area contributed by atoms with Gasteiger partial charge >= 0.3 is 5.97 Å². The Labute approximate surface area is 110 Å². The van der Waals surface area contributed by atoms with Crippen LogP contribution in [-0.2, 0) is 5.75 Å². The highest BCUT2D eigenvalue weighted by molar-refractivity contribution is 7.98. The second-order valence-corrected chi connectivity index (χ2v) is 5.21. The molecule has 96 valence electrons. The van der Waals surface area contributed by atoms with Gasteiger partial charge in [0, 0.05) is 5.39 Å². The van der Waals surface area contributed by atoms with E-state index < -0.39 is 5.97 Å². The van der Waals surface area contributed by atoms with E-state index in [1.165, 1.54) is 0 Å². The van der Waals surface area contributed by atoms with Crippen LogP contribution in [0.4, 0.5) is 0 Å². The Morgan fingerprint density at radius 1 is 1.39 bits per heavy atom. The average Bonchev–Trinajstić information content (AvgIpc) is 2.73. The van der Waals surface area contributed by atoms with Crippen LogP contribution in [0, 0.1) is 0 Å². The Bertz CT molecular complexity index is 545. The lowest BCUT2D eigenvalue weighted by Crippen LogP contribution is -1.98. The normalized spacial score (nSPS) is 10.9. The van der Waals surface area contributed by atoms with Gasteiger partial charge in [0.15, 0.2) is 0 Å². The van der Waals surface area contributed by atoms with Gasteiger partial charge in [0.05, 0.1) is 5.75 Å². The monoisotopic (exact) mass is 264 g/mol. The van der Waals surface area contributed by atoms with Crippen LogP contribution in [0.2, 0.25) is 0 Å². The first kappa shape index (κ1) is 13.0. The molecule has 3 nitrogen and oxygen atoms in total. The largest absolute Gasteiger partial charge is 0.478 e. The fourth-order valence-corrected chi connectivity index (χ4v) is 2.87. The first-order chi connectivity index (χ1) is 8.74. The van der Waals surface area contributed by atoms with E-state index in [9.17, 15) is 9.90 Å². The van der Waals surface area contributed by atoms with Gasteiger partial charge < -0.3 is 9.52 Å². The molecule has 1 aromatic carbocycles. The molecule has 0 saturated heterocycles. The molecule has 0 amide bonds. The highest BCUT2D eigenvalue weighted by Crippen LogP contribution is 2.28. The lowest BCUT2D eigenvalue weighted by molar-refractivity contribution is 0.0697. The Morgan fingerprint density at radius 3 is 2.89 bits per heavy atom. The SMILES string of the molecule is CCCCSCc1oc2ccccc2c1C(=O)O.